The third-order valence-electron chi connectivity index (χ3n) is 4.11. The topological polar surface area (TPSA) is 38.7 Å². The summed E-state index contributed by atoms with van der Waals surface area (Å²) >= 11 is 1.74. The normalized spacial score (nSPS) is 10.9. The van der Waals surface area contributed by atoms with Gasteiger partial charge in [-0.25, -0.2) is 4.79 Å². The van der Waals surface area contributed by atoms with Crippen molar-refractivity contribution in [1.29, 1.82) is 0 Å². The van der Waals surface area contributed by atoms with Crippen molar-refractivity contribution in [2.75, 3.05) is 7.11 Å². The maximum absolute atomic E-state index is 11.6. The molecule has 27 heavy (non-hydrogen) atoms. The van der Waals surface area contributed by atoms with Gasteiger partial charge in [-0.05, 0) is 67.4 Å². The summed E-state index contributed by atoms with van der Waals surface area (Å²) in [6.07, 6.45) is 1.83. The standard InChI is InChI=1S/C23H21NO2S/c1-16-4-9-20(10-5-16)27-21-11-6-18(7-12-21)15-24-22-13-8-19(14-17(22)2)23(25)26-3/h4-15H,1-3H3. The maximum atomic E-state index is 11.6. The molecule has 0 saturated carbocycles. The summed E-state index contributed by atoms with van der Waals surface area (Å²) in [6.45, 7) is 4.02. The quantitative estimate of drug-likeness (QED) is 0.406. The molecule has 0 amide bonds. The molecule has 0 aromatic heterocycles. The highest BCUT2D eigenvalue weighted by Gasteiger charge is 2.06. The number of benzene rings is 3. The predicted molar refractivity (Wildman–Crippen MR) is 112 cm³/mol. The zero-order valence-electron chi connectivity index (χ0n) is 15.6. The van der Waals surface area contributed by atoms with Gasteiger partial charge < -0.3 is 4.74 Å². The molecule has 3 aromatic rings. The molecule has 0 bridgehead atoms. The Balaban J connectivity index is 1.69. The number of aryl methyl sites for hydroxylation is 2. The summed E-state index contributed by atoms with van der Waals surface area (Å²) in [5, 5.41) is 0. The molecule has 0 N–H and O–H groups in total. The highest BCUT2D eigenvalue weighted by Crippen LogP contribution is 2.28. The van der Waals surface area contributed by atoms with Gasteiger partial charge in [0.2, 0.25) is 0 Å². The highest BCUT2D eigenvalue weighted by molar-refractivity contribution is 7.99. The van der Waals surface area contributed by atoms with Crippen LogP contribution >= 0.6 is 11.8 Å². The van der Waals surface area contributed by atoms with Gasteiger partial charge in [-0.1, -0.05) is 41.6 Å². The summed E-state index contributed by atoms with van der Waals surface area (Å²) in [7, 11) is 1.38. The van der Waals surface area contributed by atoms with Gasteiger partial charge >= 0.3 is 5.97 Å². The first-order valence-electron chi connectivity index (χ1n) is 8.63. The van der Waals surface area contributed by atoms with Crippen LogP contribution in [0.5, 0.6) is 0 Å². The zero-order valence-corrected chi connectivity index (χ0v) is 16.4. The number of ether oxygens (including phenoxy) is 1. The maximum Gasteiger partial charge on any atom is 0.337 e. The molecule has 0 aliphatic carbocycles. The molecule has 136 valence electrons. The Morgan fingerprint density at radius 2 is 1.56 bits per heavy atom. The molecule has 0 unspecified atom stereocenters. The first-order chi connectivity index (χ1) is 13.0. The van der Waals surface area contributed by atoms with Crippen LogP contribution in [0.2, 0.25) is 0 Å². The largest absolute Gasteiger partial charge is 0.465 e. The first-order valence-corrected chi connectivity index (χ1v) is 9.44. The number of esters is 1. The second kappa shape index (κ2) is 8.69. The predicted octanol–water partition coefficient (Wildman–Crippen LogP) is 5.99. The van der Waals surface area contributed by atoms with Gasteiger partial charge in [-0.15, -0.1) is 0 Å². The average molecular weight is 375 g/mol. The molecule has 0 radical (unpaired) electrons. The lowest BCUT2D eigenvalue weighted by Gasteiger charge is -2.04. The van der Waals surface area contributed by atoms with E-state index in [4.69, 9.17) is 4.74 Å². The molecular formula is C23H21NO2S. The smallest absolute Gasteiger partial charge is 0.337 e. The number of methoxy groups -OCH3 is 1. The molecule has 3 aromatic carbocycles. The lowest BCUT2D eigenvalue weighted by molar-refractivity contribution is 0.0600. The van der Waals surface area contributed by atoms with Gasteiger partial charge in [-0.2, -0.15) is 0 Å². The molecule has 3 nitrogen and oxygen atoms in total. The lowest BCUT2D eigenvalue weighted by atomic mass is 10.1. The summed E-state index contributed by atoms with van der Waals surface area (Å²) in [4.78, 5) is 18.5. The van der Waals surface area contributed by atoms with E-state index in [0.29, 0.717) is 5.56 Å². The van der Waals surface area contributed by atoms with Crippen LogP contribution in [0, 0.1) is 13.8 Å². The van der Waals surface area contributed by atoms with Crippen molar-refractivity contribution in [2.24, 2.45) is 4.99 Å². The number of hydrogen-bond acceptors (Lipinski definition) is 4. The third-order valence-corrected chi connectivity index (χ3v) is 5.12. The van der Waals surface area contributed by atoms with E-state index in [2.05, 4.69) is 60.4 Å². The van der Waals surface area contributed by atoms with Crippen LogP contribution in [0.15, 0.2) is 81.5 Å². The fourth-order valence-corrected chi connectivity index (χ4v) is 3.37. The summed E-state index contributed by atoms with van der Waals surface area (Å²) < 4.78 is 4.74. The Labute approximate surface area is 164 Å². The van der Waals surface area contributed by atoms with Crippen LogP contribution in [-0.4, -0.2) is 19.3 Å². The van der Waals surface area contributed by atoms with Gasteiger partial charge in [0.15, 0.2) is 0 Å². The number of aliphatic imine (C=N–C) groups is 1. The second-order valence-corrected chi connectivity index (χ2v) is 7.38. The number of carbonyl (C=O) groups excluding carboxylic acids is 1. The number of carbonyl (C=O) groups is 1. The Morgan fingerprint density at radius 3 is 2.15 bits per heavy atom. The molecule has 0 aliphatic rings. The lowest BCUT2D eigenvalue weighted by Crippen LogP contribution is -2.00. The molecule has 0 heterocycles. The van der Waals surface area contributed by atoms with Crippen LogP contribution in [0.4, 0.5) is 5.69 Å². The van der Waals surface area contributed by atoms with E-state index in [1.807, 2.05) is 19.2 Å². The van der Waals surface area contributed by atoms with E-state index in [9.17, 15) is 4.79 Å². The van der Waals surface area contributed by atoms with E-state index in [1.54, 1.807) is 23.9 Å². The van der Waals surface area contributed by atoms with Gasteiger partial charge in [0, 0.05) is 16.0 Å². The SMILES string of the molecule is COC(=O)c1ccc(N=Cc2ccc(Sc3ccc(C)cc3)cc2)c(C)c1. The van der Waals surface area contributed by atoms with Crippen LogP contribution < -0.4 is 0 Å². The second-order valence-electron chi connectivity index (χ2n) is 6.24. The van der Waals surface area contributed by atoms with Crippen LogP contribution in [0.1, 0.15) is 27.0 Å². The van der Waals surface area contributed by atoms with Gasteiger partial charge in [-0.3, -0.25) is 4.99 Å². The van der Waals surface area contributed by atoms with Crippen molar-refractivity contribution in [1.82, 2.24) is 0 Å². The molecule has 0 saturated heterocycles. The van der Waals surface area contributed by atoms with Crippen molar-refractivity contribution in [3.8, 4) is 0 Å². The van der Waals surface area contributed by atoms with Crippen LogP contribution in [0.25, 0.3) is 0 Å². The van der Waals surface area contributed by atoms with E-state index < -0.39 is 0 Å². The minimum Gasteiger partial charge on any atom is -0.465 e. The first kappa shape index (κ1) is 18.9. The fourth-order valence-electron chi connectivity index (χ4n) is 2.55. The number of nitrogens with zero attached hydrogens (tertiary/aromatic N) is 1. The molecule has 3 rings (SSSR count). The van der Waals surface area contributed by atoms with Gasteiger partial charge in [0.1, 0.15) is 0 Å². The van der Waals surface area contributed by atoms with Crippen LogP contribution in [0.3, 0.4) is 0 Å². The molecule has 0 atom stereocenters. The number of rotatable bonds is 5. The Bertz CT molecular complexity index is 961. The minimum atomic E-state index is -0.338. The van der Waals surface area contributed by atoms with Gasteiger partial charge in [0.25, 0.3) is 0 Å². The molecule has 0 fully saturated rings. The fraction of sp³-hybridized carbons (Fsp3) is 0.130. The van der Waals surface area contributed by atoms with E-state index in [1.165, 1.54) is 22.5 Å². The van der Waals surface area contributed by atoms with Crippen molar-refractivity contribution in [2.45, 2.75) is 23.6 Å². The van der Waals surface area contributed by atoms with Crippen LogP contribution in [-0.2, 0) is 4.74 Å². The van der Waals surface area contributed by atoms with E-state index in [-0.39, 0.29) is 5.97 Å². The van der Waals surface area contributed by atoms with E-state index >= 15 is 0 Å². The third kappa shape index (κ3) is 5.08. The Hall–Kier alpha value is -2.85. The van der Waals surface area contributed by atoms with E-state index in [0.717, 1.165) is 16.8 Å². The summed E-state index contributed by atoms with van der Waals surface area (Å²) in [5.41, 5.74) is 4.59. The monoisotopic (exact) mass is 375 g/mol. The van der Waals surface area contributed by atoms with Crippen molar-refractivity contribution >= 4 is 29.6 Å². The van der Waals surface area contributed by atoms with Gasteiger partial charge in [0.05, 0.1) is 18.4 Å². The molecule has 4 heteroatoms. The Morgan fingerprint density at radius 1 is 0.926 bits per heavy atom. The molecule has 0 aliphatic heterocycles. The minimum absolute atomic E-state index is 0.338. The highest BCUT2D eigenvalue weighted by atomic mass is 32.2. The van der Waals surface area contributed by atoms with Crippen molar-refractivity contribution < 1.29 is 9.53 Å². The number of hydrogen-bond donors (Lipinski definition) is 0. The zero-order chi connectivity index (χ0) is 19.2. The summed E-state index contributed by atoms with van der Waals surface area (Å²) in [6, 6.07) is 22.2. The Kier molecular flexibility index (Phi) is 6.09. The summed E-state index contributed by atoms with van der Waals surface area (Å²) in [5.74, 6) is -0.338. The van der Waals surface area contributed by atoms with Crippen molar-refractivity contribution in [3.05, 3.63) is 89.0 Å². The molecular weight excluding hydrogens is 354 g/mol. The average Bonchev–Trinajstić information content (AvgIpc) is 2.69. The molecule has 0 spiro atoms. The van der Waals surface area contributed by atoms with Crippen molar-refractivity contribution in [3.63, 3.8) is 0 Å².